The highest BCUT2D eigenvalue weighted by Gasteiger charge is 2.12. The Bertz CT molecular complexity index is 761. The molecule has 0 aliphatic rings. The van der Waals surface area contributed by atoms with Gasteiger partial charge in [0, 0.05) is 10.6 Å². The van der Waals surface area contributed by atoms with Gasteiger partial charge >= 0.3 is 0 Å². The minimum atomic E-state index is -0.237. The summed E-state index contributed by atoms with van der Waals surface area (Å²) in [6, 6.07) is 10.0. The molecule has 7 heteroatoms. The van der Waals surface area contributed by atoms with Gasteiger partial charge in [0.1, 0.15) is 0 Å². The van der Waals surface area contributed by atoms with E-state index in [-0.39, 0.29) is 5.91 Å². The maximum atomic E-state index is 11.5. The topological polar surface area (TPSA) is 68.0 Å². The van der Waals surface area contributed by atoms with Crippen LogP contribution in [-0.4, -0.2) is 10.9 Å². The van der Waals surface area contributed by atoms with Gasteiger partial charge < -0.3 is 0 Å². The van der Waals surface area contributed by atoms with Crippen LogP contribution in [0.15, 0.2) is 34.7 Å². The SMILES string of the molecule is Cc1sc(C(=O)NN)cc1CSc1nc2ccccc2s1. The van der Waals surface area contributed by atoms with E-state index in [4.69, 9.17) is 5.84 Å². The molecule has 0 atom stereocenters. The molecule has 1 amide bonds. The molecule has 1 aromatic carbocycles. The molecule has 2 heterocycles. The Morgan fingerprint density at radius 2 is 2.19 bits per heavy atom. The summed E-state index contributed by atoms with van der Waals surface area (Å²) in [6.45, 7) is 2.02. The highest BCUT2D eigenvalue weighted by molar-refractivity contribution is 8.00. The van der Waals surface area contributed by atoms with E-state index in [0.717, 1.165) is 26.0 Å². The third-order valence-corrected chi connectivity index (χ3v) is 6.32. The lowest BCUT2D eigenvalue weighted by atomic mass is 10.3. The van der Waals surface area contributed by atoms with E-state index < -0.39 is 0 Å². The van der Waals surface area contributed by atoms with E-state index >= 15 is 0 Å². The number of aryl methyl sites for hydroxylation is 1. The normalized spacial score (nSPS) is 11.0. The standard InChI is InChI=1S/C14H13N3OS3/c1-8-9(6-12(20-8)13(18)17-15)7-19-14-16-10-4-2-3-5-11(10)21-14/h2-6H,7,15H2,1H3,(H,17,18). The van der Waals surface area contributed by atoms with Crippen molar-refractivity contribution in [1.82, 2.24) is 10.4 Å². The number of hydrazine groups is 1. The maximum Gasteiger partial charge on any atom is 0.275 e. The lowest BCUT2D eigenvalue weighted by Gasteiger charge is -1.96. The number of nitrogens with zero attached hydrogens (tertiary/aromatic N) is 1. The van der Waals surface area contributed by atoms with E-state index in [0.29, 0.717) is 4.88 Å². The Morgan fingerprint density at radius 1 is 1.38 bits per heavy atom. The smallest absolute Gasteiger partial charge is 0.275 e. The number of rotatable bonds is 4. The Balaban J connectivity index is 1.75. The number of carbonyl (C=O) groups excluding carboxylic acids is 1. The number of thioether (sulfide) groups is 1. The average Bonchev–Trinajstić information content (AvgIpc) is 3.07. The molecule has 3 rings (SSSR count). The average molecular weight is 335 g/mol. The third-order valence-electron chi connectivity index (χ3n) is 3.00. The fraction of sp³-hybridized carbons (Fsp3) is 0.143. The Hall–Kier alpha value is -1.41. The number of thiazole rings is 1. The second-order valence-corrected chi connectivity index (χ2v) is 7.91. The Labute approximate surface area is 134 Å². The molecule has 2 aromatic heterocycles. The van der Waals surface area contributed by atoms with E-state index in [1.165, 1.54) is 16.0 Å². The number of hydrogen-bond donors (Lipinski definition) is 2. The summed E-state index contributed by atoms with van der Waals surface area (Å²) in [4.78, 5) is 17.9. The summed E-state index contributed by atoms with van der Waals surface area (Å²) in [5, 5.41) is 0. The second kappa shape index (κ2) is 6.15. The van der Waals surface area contributed by atoms with Crippen molar-refractivity contribution in [3.63, 3.8) is 0 Å². The largest absolute Gasteiger partial charge is 0.289 e. The fourth-order valence-corrected chi connectivity index (χ4v) is 5.06. The van der Waals surface area contributed by atoms with Gasteiger partial charge in [0.25, 0.3) is 5.91 Å². The fourth-order valence-electron chi connectivity index (χ4n) is 1.90. The summed E-state index contributed by atoms with van der Waals surface area (Å²) < 4.78 is 2.25. The van der Waals surface area contributed by atoms with E-state index in [2.05, 4.69) is 16.5 Å². The molecule has 3 N–H and O–H groups in total. The minimum Gasteiger partial charge on any atom is -0.289 e. The maximum absolute atomic E-state index is 11.5. The number of nitrogen functional groups attached to an aromatic ring is 1. The van der Waals surface area contributed by atoms with Gasteiger partial charge in [-0.1, -0.05) is 23.9 Å². The van der Waals surface area contributed by atoms with Crippen molar-refractivity contribution in [1.29, 1.82) is 0 Å². The highest BCUT2D eigenvalue weighted by Crippen LogP contribution is 2.33. The third kappa shape index (κ3) is 3.11. The molecule has 0 aliphatic heterocycles. The molecule has 0 saturated carbocycles. The number of hydrogen-bond acceptors (Lipinski definition) is 6. The van der Waals surface area contributed by atoms with Gasteiger partial charge in [0.2, 0.25) is 0 Å². The van der Waals surface area contributed by atoms with Crippen LogP contribution < -0.4 is 11.3 Å². The van der Waals surface area contributed by atoms with Crippen LogP contribution in [0.4, 0.5) is 0 Å². The van der Waals surface area contributed by atoms with Crippen LogP contribution in [0, 0.1) is 6.92 Å². The van der Waals surface area contributed by atoms with Gasteiger partial charge in [-0.25, -0.2) is 10.8 Å². The molecule has 0 aliphatic carbocycles. The van der Waals surface area contributed by atoms with Gasteiger partial charge in [-0.3, -0.25) is 10.2 Å². The number of nitrogens with one attached hydrogen (secondary N) is 1. The van der Waals surface area contributed by atoms with Crippen molar-refractivity contribution < 1.29 is 4.79 Å². The van der Waals surface area contributed by atoms with Crippen LogP contribution in [0.2, 0.25) is 0 Å². The van der Waals surface area contributed by atoms with Crippen LogP contribution in [-0.2, 0) is 5.75 Å². The summed E-state index contributed by atoms with van der Waals surface area (Å²) >= 11 is 4.86. The van der Waals surface area contributed by atoms with Gasteiger partial charge in [-0.15, -0.1) is 22.7 Å². The van der Waals surface area contributed by atoms with E-state index in [9.17, 15) is 4.79 Å². The van der Waals surface area contributed by atoms with Crippen molar-refractivity contribution in [2.75, 3.05) is 0 Å². The molecule has 0 bridgehead atoms. The van der Waals surface area contributed by atoms with Crippen molar-refractivity contribution >= 4 is 50.6 Å². The van der Waals surface area contributed by atoms with Crippen molar-refractivity contribution in [3.05, 3.63) is 45.6 Å². The summed E-state index contributed by atoms with van der Waals surface area (Å²) in [5.41, 5.74) is 4.36. The monoisotopic (exact) mass is 335 g/mol. The summed E-state index contributed by atoms with van der Waals surface area (Å²) in [6.07, 6.45) is 0. The van der Waals surface area contributed by atoms with Gasteiger partial charge in [-0.05, 0) is 30.7 Å². The quantitative estimate of drug-likeness (QED) is 0.331. The number of para-hydroxylation sites is 1. The molecule has 4 nitrogen and oxygen atoms in total. The number of fused-ring (bicyclic) bond motifs is 1. The van der Waals surface area contributed by atoms with Crippen molar-refractivity contribution in [2.45, 2.75) is 17.0 Å². The second-order valence-electron chi connectivity index (χ2n) is 4.40. The molecule has 108 valence electrons. The highest BCUT2D eigenvalue weighted by atomic mass is 32.2. The molecular weight excluding hydrogens is 322 g/mol. The number of thiophene rings is 1. The first kappa shape index (κ1) is 14.5. The number of aromatic nitrogens is 1. The molecule has 0 saturated heterocycles. The molecule has 0 spiro atoms. The van der Waals surface area contributed by atoms with Crippen LogP contribution >= 0.6 is 34.4 Å². The van der Waals surface area contributed by atoms with Crippen LogP contribution in [0.3, 0.4) is 0 Å². The first-order valence-electron chi connectivity index (χ1n) is 6.26. The van der Waals surface area contributed by atoms with Gasteiger partial charge in [0.15, 0.2) is 4.34 Å². The lowest BCUT2D eigenvalue weighted by Crippen LogP contribution is -2.29. The number of benzene rings is 1. The zero-order chi connectivity index (χ0) is 14.8. The van der Waals surface area contributed by atoms with Crippen molar-refractivity contribution in [3.8, 4) is 0 Å². The van der Waals surface area contributed by atoms with Crippen LogP contribution in [0.1, 0.15) is 20.1 Å². The van der Waals surface area contributed by atoms with Crippen LogP contribution in [0.25, 0.3) is 10.2 Å². The molecule has 3 aromatic rings. The van der Waals surface area contributed by atoms with Gasteiger partial charge in [-0.2, -0.15) is 0 Å². The van der Waals surface area contributed by atoms with Crippen LogP contribution in [0.5, 0.6) is 0 Å². The first-order valence-corrected chi connectivity index (χ1v) is 8.88. The van der Waals surface area contributed by atoms with Crippen molar-refractivity contribution in [2.24, 2.45) is 5.84 Å². The molecule has 0 radical (unpaired) electrons. The summed E-state index contributed by atoms with van der Waals surface area (Å²) in [7, 11) is 0. The number of carbonyl (C=O) groups is 1. The summed E-state index contributed by atoms with van der Waals surface area (Å²) in [5.74, 6) is 5.73. The van der Waals surface area contributed by atoms with E-state index in [1.54, 1.807) is 23.1 Å². The van der Waals surface area contributed by atoms with E-state index in [1.807, 2.05) is 31.2 Å². The molecular formula is C14H13N3OS3. The zero-order valence-corrected chi connectivity index (χ0v) is 13.7. The Morgan fingerprint density at radius 3 is 2.95 bits per heavy atom. The molecule has 21 heavy (non-hydrogen) atoms. The predicted molar refractivity (Wildman–Crippen MR) is 89.9 cm³/mol. The number of amides is 1. The lowest BCUT2D eigenvalue weighted by molar-refractivity contribution is 0.0957. The first-order chi connectivity index (χ1) is 10.2. The molecule has 0 unspecified atom stereocenters. The zero-order valence-electron chi connectivity index (χ0n) is 11.3. The predicted octanol–water partition coefficient (Wildman–Crippen LogP) is 3.56. The van der Waals surface area contributed by atoms with Gasteiger partial charge in [0.05, 0.1) is 15.1 Å². The Kier molecular flexibility index (Phi) is 4.25. The number of nitrogens with two attached hydrogens (primary N) is 1. The molecule has 0 fully saturated rings. The minimum absolute atomic E-state index is 0.237.